The molecule has 94 valence electrons. The van der Waals surface area contributed by atoms with Gasteiger partial charge in [0.2, 0.25) is 6.29 Å². The molecule has 0 aliphatic carbocycles. The predicted octanol–water partition coefficient (Wildman–Crippen LogP) is 0.960. The van der Waals surface area contributed by atoms with Crippen molar-refractivity contribution in [3.05, 3.63) is 0 Å². The summed E-state index contributed by atoms with van der Waals surface area (Å²) in [6, 6.07) is 0. The Morgan fingerprint density at radius 1 is 1.12 bits per heavy atom. The molecule has 16 heavy (non-hydrogen) atoms. The van der Waals surface area contributed by atoms with Crippen LogP contribution < -0.4 is 0 Å². The number of hydrogen-bond donors (Lipinski definition) is 0. The van der Waals surface area contributed by atoms with Crippen molar-refractivity contribution in [3.8, 4) is 0 Å². The lowest BCUT2D eigenvalue weighted by Crippen LogP contribution is -2.55. The van der Waals surface area contributed by atoms with Gasteiger partial charge in [-0.25, -0.2) is 0 Å². The molecule has 0 aromatic rings. The Morgan fingerprint density at radius 2 is 1.69 bits per heavy atom. The van der Waals surface area contributed by atoms with Crippen LogP contribution in [0.15, 0.2) is 0 Å². The summed E-state index contributed by atoms with van der Waals surface area (Å²) in [7, 11) is 3.24. The molecule has 1 fully saturated rings. The van der Waals surface area contributed by atoms with E-state index in [1.54, 1.807) is 14.2 Å². The van der Waals surface area contributed by atoms with E-state index in [4.69, 9.17) is 18.9 Å². The van der Waals surface area contributed by atoms with E-state index in [-0.39, 0.29) is 30.2 Å². The average Bonchev–Trinajstić information content (AvgIpc) is 2.21. The summed E-state index contributed by atoms with van der Waals surface area (Å²) < 4.78 is 21.4. The molecule has 0 unspecified atom stereocenters. The number of carbonyl (C=O) groups is 1. The molecule has 0 radical (unpaired) electrons. The SMILES string of the molecule is CO[C@@H]1[C@H](C)[C@@H](OC(C)=O)O[C@@H](C)[C@H]1OC. The lowest BCUT2D eigenvalue weighted by Gasteiger charge is -2.42. The molecule has 5 nitrogen and oxygen atoms in total. The molecule has 1 heterocycles. The van der Waals surface area contributed by atoms with Gasteiger partial charge in [-0.1, -0.05) is 6.92 Å². The van der Waals surface area contributed by atoms with Crippen LogP contribution in [0.5, 0.6) is 0 Å². The first-order chi connectivity index (χ1) is 7.51. The van der Waals surface area contributed by atoms with Crippen molar-refractivity contribution < 1.29 is 23.7 Å². The minimum absolute atomic E-state index is 0.0601. The van der Waals surface area contributed by atoms with Gasteiger partial charge >= 0.3 is 5.97 Å². The molecule has 0 aromatic heterocycles. The van der Waals surface area contributed by atoms with Crippen LogP contribution in [0.2, 0.25) is 0 Å². The van der Waals surface area contributed by atoms with Crippen molar-refractivity contribution in [2.24, 2.45) is 5.92 Å². The van der Waals surface area contributed by atoms with Gasteiger partial charge in [-0.2, -0.15) is 0 Å². The van der Waals surface area contributed by atoms with Crippen LogP contribution in [0.3, 0.4) is 0 Å². The van der Waals surface area contributed by atoms with Crippen LogP contribution in [0.25, 0.3) is 0 Å². The number of esters is 1. The van der Waals surface area contributed by atoms with E-state index in [0.717, 1.165) is 0 Å². The fourth-order valence-corrected chi connectivity index (χ4v) is 2.11. The maximum Gasteiger partial charge on any atom is 0.304 e. The molecular weight excluding hydrogens is 212 g/mol. The Labute approximate surface area is 96.0 Å². The molecule has 0 bridgehead atoms. The standard InChI is InChI=1S/C11H20O5/c1-6-9(13-4)10(14-5)7(2)15-11(6)16-8(3)12/h6-7,9-11H,1-5H3/t6-,7-,9+,10+,11+/m0/s1. The van der Waals surface area contributed by atoms with E-state index < -0.39 is 6.29 Å². The molecular formula is C11H20O5. The normalized spacial score (nSPS) is 39.4. The fourth-order valence-electron chi connectivity index (χ4n) is 2.11. The second-order valence-corrected chi connectivity index (χ2v) is 4.08. The average molecular weight is 232 g/mol. The summed E-state index contributed by atoms with van der Waals surface area (Å²) in [5, 5.41) is 0. The first-order valence-electron chi connectivity index (χ1n) is 5.39. The molecule has 5 heteroatoms. The Bertz CT molecular complexity index is 243. The van der Waals surface area contributed by atoms with Crippen molar-refractivity contribution in [2.75, 3.05) is 14.2 Å². The highest BCUT2D eigenvalue weighted by atomic mass is 16.7. The van der Waals surface area contributed by atoms with Crippen molar-refractivity contribution >= 4 is 5.97 Å². The Balaban J connectivity index is 2.75. The van der Waals surface area contributed by atoms with Gasteiger partial charge in [0.15, 0.2) is 0 Å². The minimum Gasteiger partial charge on any atom is -0.436 e. The zero-order chi connectivity index (χ0) is 12.3. The van der Waals surface area contributed by atoms with Gasteiger partial charge in [0.25, 0.3) is 0 Å². The van der Waals surface area contributed by atoms with Crippen molar-refractivity contribution in [1.82, 2.24) is 0 Å². The third-order valence-corrected chi connectivity index (χ3v) is 2.91. The second kappa shape index (κ2) is 5.61. The van der Waals surface area contributed by atoms with Crippen molar-refractivity contribution in [1.29, 1.82) is 0 Å². The summed E-state index contributed by atoms with van der Waals surface area (Å²) in [6.07, 6.45) is -1.02. The molecule has 1 saturated heterocycles. The number of carbonyl (C=O) groups excluding carboxylic acids is 1. The van der Waals surface area contributed by atoms with Gasteiger partial charge < -0.3 is 18.9 Å². The summed E-state index contributed by atoms with van der Waals surface area (Å²) in [4.78, 5) is 10.9. The molecule has 1 aliphatic rings. The molecule has 0 N–H and O–H groups in total. The van der Waals surface area contributed by atoms with Crippen LogP contribution >= 0.6 is 0 Å². The van der Waals surface area contributed by atoms with E-state index in [0.29, 0.717) is 0 Å². The van der Waals surface area contributed by atoms with Gasteiger partial charge in [0.05, 0.1) is 12.2 Å². The lowest BCUT2D eigenvalue weighted by molar-refractivity contribution is -0.272. The molecule has 0 aromatic carbocycles. The maximum atomic E-state index is 10.9. The highest BCUT2D eigenvalue weighted by Crippen LogP contribution is 2.29. The lowest BCUT2D eigenvalue weighted by atomic mass is 9.92. The van der Waals surface area contributed by atoms with Crippen molar-refractivity contribution in [2.45, 2.75) is 45.4 Å². The topological polar surface area (TPSA) is 54.0 Å². The maximum absolute atomic E-state index is 10.9. The summed E-state index contributed by atoms with van der Waals surface area (Å²) in [6.45, 7) is 5.16. The summed E-state index contributed by atoms with van der Waals surface area (Å²) in [5.41, 5.74) is 0. The molecule has 0 amide bonds. The largest absolute Gasteiger partial charge is 0.436 e. The van der Waals surface area contributed by atoms with Gasteiger partial charge in [-0.05, 0) is 6.92 Å². The van der Waals surface area contributed by atoms with Crippen LogP contribution in [-0.4, -0.2) is 44.8 Å². The molecule has 1 rings (SSSR count). The molecule has 5 atom stereocenters. The zero-order valence-corrected chi connectivity index (χ0v) is 10.4. The third-order valence-electron chi connectivity index (χ3n) is 2.91. The van der Waals surface area contributed by atoms with Crippen molar-refractivity contribution in [3.63, 3.8) is 0 Å². The Kier molecular flexibility index (Phi) is 4.70. The van der Waals surface area contributed by atoms with Gasteiger partial charge in [-0.15, -0.1) is 0 Å². The summed E-state index contributed by atoms with van der Waals surface area (Å²) >= 11 is 0. The number of methoxy groups -OCH3 is 2. The number of ether oxygens (including phenoxy) is 4. The predicted molar refractivity (Wildman–Crippen MR) is 56.9 cm³/mol. The zero-order valence-electron chi connectivity index (χ0n) is 10.4. The number of rotatable bonds is 3. The van der Waals surface area contributed by atoms with Gasteiger partial charge in [-0.3, -0.25) is 4.79 Å². The van der Waals surface area contributed by atoms with E-state index in [9.17, 15) is 4.79 Å². The molecule has 0 spiro atoms. The first kappa shape index (κ1) is 13.4. The minimum atomic E-state index is -0.566. The third kappa shape index (κ3) is 2.72. The Hall–Kier alpha value is -0.650. The molecule has 1 aliphatic heterocycles. The second-order valence-electron chi connectivity index (χ2n) is 4.08. The summed E-state index contributed by atoms with van der Waals surface area (Å²) in [5.74, 6) is -0.412. The first-order valence-corrected chi connectivity index (χ1v) is 5.39. The quantitative estimate of drug-likeness (QED) is 0.678. The van der Waals surface area contributed by atoms with Gasteiger partial charge in [0.1, 0.15) is 6.10 Å². The van der Waals surface area contributed by atoms with E-state index >= 15 is 0 Å². The highest BCUT2D eigenvalue weighted by Gasteiger charge is 2.43. The van der Waals surface area contributed by atoms with E-state index in [1.807, 2.05) is 13.8 Å². The van der Waals surface area contributed by atoms with E-state index in [2.05, 4.69) is 0 Å². The monoisotopic (exact) mass is 232 g/mol. The highest BCUT2D eigenvalue weighted by molar-refractivity contribution is 5.66. The van der Waals surface area contributed by atoms with Gasteiger partial charge in [0, 0.05) is 27.1 Å². The van der Waals surface area contributed by atoms with E-state index in [1.165, 1.54) is 6.92 Å². The van der Waals surface area contributed by atoms with Crippen LogP contribution in [0, 0.1) is 5.92 Å². The van der Waals surface area contributed by atoms with Crippen LogP contribution in [0.1, 0.15) is 20.8 Å². The number of hydrogen-bond acceptors (Lipinski definition) is 5. The van der Waals surface area contributed by atoms with Crippen LogP contribution in [-0.2, 0) is 23.7 Å². The van der Waals surface area contributed by atoms with Crippen LogP contribution in [0.4, 0.5) is 0 Å². The molecule has 0 saturated carbocycles. The smallest absolute Gasteiger partial charge is 0.304 e. The Morgan fingerprint density at radius 3 is 2.12 bits per heavy atom. The fraction of sp³-hybridized carbons (Fsp3) is 0.909.